The molecule has 0 aliphatic rings. The Bertz CT molecular complexity index is 513. The molecule has 0 aliphatic heterocycles. The highest BCUT2D eigenvalue weighted by Crippen LogP contribution is 2.27. The number of benzene rings is 1. The van der Waals surface area contributed by atoms with Crippen molar-refractivity contribution >= 4 is 22.9 Å². The van der Waals surface area contributed by atoms with E-state index in [0.29, 0.717) is 10.6 Å². The predicted octanol–water partition coefficient (Wildman–Crippen LogP) is 3.61. The van der Waals surface area contributed by atoms with Crippen molar-refractivity contribution in [3.8, 4) is 5.75 Å². The molecule has 1 heterocycles. The van der Waals surface area contributed by atoms with Crippen LogP contribution in [-0.2, 0) is 13.2 Å². The highest BCUT2D eigenvalue weighted by Gasteiger charge is 2.10. The summed E-state index contributed by atoms with van der Waals surface area (Å²) in [7, 11) is 0. The van der Waals surface area contributed by atoms with Gasteiger partial charge >= 0.3 is 0 Å². The van der Waals surface area contributed by atoms with Gasteiger partial charge in [0.25, 0.3) is 0 Å². The van der Waals surface area contributed by atoms with Crippen LogP contribution in [-0.4, -0.2) is 5.11 Å². The summed E-state index contributed by atoms with van der Waals surface area (Å²) in [5, 5.41) is 11.5. The lowest BCUT2D eigenvalue weighted by Crippen LogP contribution is -2.00. The summed E-state index contributed by atoms with van der Waals surface area (Å²) < 4.78 is 18.9. The van der Waals surface area contributed by atoms with Gasteiger partial charge in [-0.05, 0) is 17.5 Å². The molecule has 1 N–H and O–H groups in total. The fourth-order valence-electron chi connectivity index (χ4n) is 1.41. The molecule has 1 aromatic heterocycles. The number of aliphatic hydroxyl groups excluding tert-OH is 1. The topological polar surface area (TPSA) is 29.5 Å². The Balaban J connectivity index is 2.16. The molecule has 0 bridgehead atoms. The van der Waals surface area contributed by atoms with E-state index in [-0.39, 0.29) is 19.0 Å². The predicted molar refractivity (Wildman–Crippen MR) is 66.0 cm³/mol. The minimum Gasteiger partial charge on any atom is -0.485 e. The van der Waals surface area contributed by atoms with Crippen molar-refractivity contribution in [3.63, 3.8) is 0 Å². The van der Waals surface area contributed by atoms with E-state index in [2.05, 4.69) is 0 Å². The van der Waals surface area contributed by atoms with Crippen molar-refractivity contribution in [2.75, 3.05) is 0 Å². The maximum atomic E-state index is 13.5. The van der Waals surface area contributed by atoms with Gasteiger partial charge in [0, 0.05) is 5.56 Å². The van der Waals surface area contributed by atoms with E-state index in [1.165, 1.54) is 23.5 Å². The molecule has 0 aliphatic carbocycles. The standard InChI is InChI=1S/C12H10ClFO2S/c13-9-4-5-17-11(9)7-16-12-8(6-15)2-1-3-10(12)14/h1-5,15H,6-7H2. The van der Waals surface area contributed by atoms with E-state index in [9.17, 15) is 4.39 Å². The SMILES string of the molecule is OCc1cccc(F)c1OCc1sccc1Cl. The third-order valence-corrected chi connectivity index (χ3v) is 3.62. The maximum absolute atomic E-state index is 13.5. The van der Waals surface area contributed by atoms with Crippen LogP contribution >= 0.6 is 22.9 Å². The van der Waals surface area contributed by atoms with E-state index < -0.39 is 5.82 Å². The number of para-hydroxylation sites is 1. The first kappa shape index (κ1) is 12.4. The first-order chi connectivity index (χ1) is 8.22. The van der Waals surface area contributed by atoms with Crippen molar-refractivity contribution in [2.24, 2.45) is 0 Å². The Morgan fingerprint density at radius 3 is 2.82 bits per heavy atom. The number of aliphatic hydroxyl groups is 1. The van der Waals surface area contributed by atoms with Crippen LogP contribution in [0.2, 0.25) is 5.02 Å². The van der Waals surface area contributed by atoms with Gasteiger partial charge < -0.3 is 9.84 Å². The molecule has 0 radical (unpaired) electrons. The van der Waals surface area contributed by atoms with Crippen LogP contribution in [0.1, 0.15) is 10.4 Å². The molecule has 2 nitrogen and oxygen atoms in total. The van der Waals surface area contributed by atoms with Crippen molar-refractivity contribution in [3.05, 3.63) is 50.9 Å². The third kappa shape index (κ3) is 2.77. The van der Waals surface area contributed by atoms with Gasteiger partial charge in [0.05, 0.1) is 16.5 Å². The molecule has 0 spiro atoms. The molecule has 0 unspecified atom stereocenters. The van der Waals surface area contributed by atoms with E-state index in [1.54, 1.807) is 12.1 Å². The summed E-state index contributed by atoms with van der Waals surface area (Å²) in [5.74, 6) is -0.399. The molecular formula is C12H10ClFO2S. The average Bonchev–Trinajstić information content (AvgIpc) is 2.73. The van der Waals surface area contributed by atoms with Gasteiger partial charge in [0.2, 0.25) is 0 Å². The van der Waals surface area contributed by atoms with E-state index in [4.69, 9.17) is 21.4 Å². The molecule has 5 heteroatoms. The van der Waals surface area contributed by atoms with Crippen LogP contribution in [0.4, 0.5) is 4.39 Å². The molecule has 0 fully saturated rings. The molecule has 2 aromatic rings. The Labute approximate surface area is 107 Å². The van der Waals surface area contributed by atoms with Crippen LogP contribution in [0.5, 0.6) is 5.75 Å². The van der Waals surface area contributed by atoms with Gasteiger partial charge in [-0.1, -0.05) is 23.7 Å². The lowest BCUT2D eigenvalue weighted by Gasteiger charge is -2.10. The van der Waals surface area contributed by atoms with Gasteiger partial charge in [-0.2, -0.15) is 0 Å². The van der Waals surface area contributed by atoms with Crippen LogP contribution < -0.4 is 4.74 Å². The first-order valence-corrected chi connectivity index (χ1v) is 6.21. The maximum Gasteiger partial charge on any atom is 0.165 e. The lowest BCUT2D eigenvalue weighted by molar-refractivity contribution is 0.252. The zero-order chi connectivity index (χ0) is 12.3. The lowest BCUT2D eigenvalue weighted by atomic mass is 10.2. The monoisotopic (exact) mass is 272 g/mol. The van der Waals surface area contributed by atoms with E-state index in [1.807, 2.05) is 5.38 Å². The normalized spacial score (nSPS) is 10.5. The summed E-state index contributed by atoms with van der Waals surface area (Å²) in [6.07, 6.45) is 0. The number of rotatable bonds is 4. The quantitative estimate of drug-likeness (QED) is 0.921. The second kappa shape index (κ2) is 5.49. The number of thiophene rings is 1. The Kier molecular flexibility index (Phi) is 3.99. The van der Waals surface area contributed by atoms with E-state index >= 15 is 0 Å². The van der Waals surface area contributed by atoms with Crippen molar-refractivity contribution in [1.29, 1.82) is 0 Å². The van der Waals surface area contributed by atoms with Crippen molar-refractivity contribution in [1.82, 2.24) is 0 Å². The third-order valence-electron chi connectivity index (χ3n) is 2.26. The molecule has 0 saturated carbocycles. The van der Waals surface area contributed by atoms with Gasteiger partial charge in [0.15, 0.2) is 11.6 Å². The van der Waals surface area contributed by atoms with Gasteiger partial charge in [0.1, 0.15) is 6.61 Å². The summed E-state index contributed by atoms with van der Waals surface area (Å²) >= 11 is 7.35. The van der Waals surface area contributed by atoms with Gasteiger partial charge in [-0.25, -0.2) is 4.39 Å². The molecule has 0 atom stereocenters. The fraction of sp³-hybridized carbons (Fsp3) is 0.167. The number of hydrogen-bond donors (Lipinski definition) is 1. The first-order valence-electron chi connectivity index (χ1n) is 4.95. The van der Waals surface area contributed by atoms with Crippen LogP contribution in [0.25, 0.3) is 0 Å². The molecule has 90 valence electrons. The highest BCUT2D eigenvalue weighted by molar-refractivity contribution is 7.10. The fourth-order valence-corrected chi connectivity index (χ4v) is 2.41. The summed E-state index contributed by atoms with van der Waals surface area (Å²) in [6, 6.07) is 6.21. The second-order valence-electron chi connectivity index (χ2n) is 3.37. The summed E-state index contributed by atoms with van der Waals surface area (Å²) in [6.45, 7) is -0.0598. The largest absolute Gasteiger partial charge is 0.485 e. The van der Waals surface area contributed by atoms with Crippen LogP contribution in [0.3, 0.4) is 0 Å². The van der Waals surface area contributed by atoms with Gasteiger partial charge in [-0.15, -0.1) is 11.3 Å². The number of ether oxygens (including phenoxy) is 1. The Morgan fingerprint density at radius 2 is 2.18 bits per heavy atom. The Hall–Kier alpha value is -1.10. The zero-order valence-electron chi connectivity index (χ0n) is 8.82. The van der Waals surface area contributed by atoms with Crippen LogP contribution in [0.15, 0.2) is 29.6 Å². The smallest absolute Gasteiger partial charge is 0.165 e. The molecule has 0 amide bonds. The second-order valence-corrected chi connectivity index (χ2v) is 4.77. The Morgan fingerprint density at radius 1 is 1.35 bits per heavy atom. The van der Waals surface area contributed by atoms with Crippen molar-refractivity contribution in [2.45, 2.75) is 13.2 Å². The van der Waals surface area contributed by atoms with Gasteiger partial charge in [-0.3, -0.25) is 0 Å². The summed E-state index contributed by atoms with van der Waals surface area (Å²) in [5.41, 5.74) is 0.428. The molecular weight excluding hydrogens is 263 g/mol. The highest BCUT2D eigenvalue weighted by atomic mass is 35.5. The molecule has 17 heavy (non-hydrogen) atoms. The van der Waals surface area contributed by atoms with E-state index in [0.717, 1.165) is 4.88 Å². The average molecular weight is 273 g/mol. The molecule has 2 rings (SSSR count). The number of halogens is 2. The minimum atomic E-state index is -0.482. The van der Waals surface area contributed by atoms with Crippen LogP contribution in [0, 0.1) is 5.82 Å². The minimum absolute atomic E-state index is 0.0828. The number of hydrogen-bond acceptors (Lipinski definition) is 3. The molecule has 0 saturated heterocycles. The molecule has 1 aromatic carbocycles. The zero-order valence-corrected chi connectivity index (χ0v) is 10.4. The summed E-state index contributed by atoms with van der Waals surface area (Å²) in [4.78, 5) is 0.832. The van der Waals surface area contributed by atoms with Crippen molar-refractivity contribution < 1.29 is 14.2 Å².